The topological polar surface area (TPSA) is 17.1 Å². The van der Waals surface area contributed by atoms with Crippen LogP contribution >= 0.6 is 32.9 Å². The fraction of sp³-hybridized carbons (Fsp3) is 0.375. The second-order valence-electron chi connectivity index (χ2n) is 4.29. The van der Waals surface area contributed by atoms with Crippen molar-refractivity contribution < 1.29 is 37.5 Å². The van der Waals surface area contributed by atoms with Crippen molar-refractivity contribution in [2.45, 2.75) is 33.1 Å². The Morgan fingerprint density at radius 3 is 2.33 bits per heavy atom. The van der Waals surface area contributed by atoms with E-state index in [9.17, 15) is 4.79 Å². The van der Waals surface area contributed by atoms with Crippen LogP contribution in [0.1, 0.15) is 33.1 Å². The SMILES string of the molecule is CCCC([C-]=O)CC.S=c1cc(-c2cc[c-]cc2)ss1.[Y]. The summed E-state index contributed by atoms with van der Waals surface area (Å²) < 4.78 is 0.961. The molecule has 0 aliphatic rings. The molecule has 0 saturated heterocycles. The maximum Gasteiger partial charge on any atom is 0.102 e. The first kappa shape index (κ1) is 21.3. The molecule has 1 unspecified atom stereocenters. The largest absolute Gasteiger partial charge is 0.542 e. The van der Waals surface area contributed by atoms with Crippen LogP contribution in [0.5, 0.6) is 0 Å². The van der Waals surface area contributed by atoms with Gasteiger partial charge < -0.3 is 4.79 Å². The van der Waals surface area contributed by atoms with Gasteiger partial charge in [-0.2, -0.15) is 30.3 Å². The van der Waals surface area contributed by atoms with Gasteiger partial charge in [-0.05, 0) is 6.07 Å². The molecule has 111 valence electrons. The summed E-state index contributed by atoms with van der Waals surface area (Å²) in [5.41, 5.74) is 1.23. The zero-order valence-electron chi connectivity index (χ0n) is 12.3. The molecule has 1 radical (unpaired) electrons. The molecular weight excluding hydrogens is 393 g/mol. The Bertz CT molecular complexity index is 548. The molecule has 1 nitrogen and oxygen atoms in total. The van der Waals surface area contributed by atoms with E-state index >= 15 is 0 Å². The van der Waals surface area contributed by atoms with Crippen molar-refractivity contribution in [3.8, 4) is 10.4 Å². The number of hydrogen-bond donors (Lipinski definition) is 0. The maximum atomic E-state index is 10.0. The van der Waals surface area contributed by atoms with E-state index in [0.717, 1.165) is 23.1 Å². The van der Waals surface area contributed by atoms with E-state index in [0.29, 0.717) is 0 Å². The van der Waals surface area contributed by atoms with E-state index in [1.54, 1.807) is 20.7 Å². The fourth-order valence-corrected chi connectivity index (χ4v) is 4.02. The second-order valence-corrected chi connectivity index (χ2v) is 7.21. The molecule has 0 spiro atoms. The predicted octanol–water partition coefficient (Wildman–Crippen LogP) is 5.93. The smallest absolute Gasteiger partial charge is 0.102 e. The Labute approximate surface area is 165 Å². The molecule has 5 heteroatoms. The van der Waals surface area contributed by atoms with E-state index < -0.39 is 0 Å². The summed E-state index contributed by atoms with van der Waals surface area (Å²) in [6.45, 7) is 4.10. The molecule has 0 aliphatic carbocycles. The third-order valence-electron chi connectivity index (χ3n) is 2.76. The van der Waals surface area contributed by atoms with Gasteiger partial charge in [0.25, 0.3) is 0 Å². The van der Waals surface area contributed by atoms with Crippen LogP contribution in [0.4, 0.5) is 0 Å². The monoisotopic (exact) mass is 411 g/mol. The molecule has 1 aromatic heterocycles. The quantitative estimate of drug-likeness (QED) is 0.345. The van der Waals surface area contributed by atoms with Gasteiger partial charge in [0.15, 0.2) is 0 Å². The Hall–Kier alpha value is 0.264. The standard InChI is InChI=1S/C9H5S3.C7H13O.Y/c10-9-6-8(11-12-9)7-4-2-1-3-5-7;1-3-5-7(4-2)6-8;/h2-6H;7H,3-5H2,1-2H3;/q2*-1;. The van der Waals surface area contributed by atoms with Gasteiger partial charge in [0.1, 0.15) is 3.82 Å². The summed E-state index contributed by atoms with van der Waals surface area (Å²) in [5, 5.41) is 0. The van der Waals surface area contributed by atoms with Crippen LogP contribution in [0.15, 0.2) is 30.3 Å². The first-order valence-electron chi connectivity index (χ1n) is 6.65. The summed E-state index contributed by atoms with van der Waals surface area (Å²) in [6.07, 6.45) is 5.04. The third kappa shape index (κ3) is 8.46. The normalized spacial score (nSPS) is 10.8. The maximum absolute atomic E-state index is 10.0. The van der Waals surface area contributed by atoms with E-state index in [-0.39, 0.29) is 38.6 Å². The molecule has 1 atom stereocenters. The second kappa shape index (κ2) is 12.8. The van der Waals surface area contributed by atoms with Gasteiger partial charge in [-0.15, -0.1) is 11.5 Å². The molecular formula is C16H18OS3Y-2. The van der Waals surface area contributed by atoms with Crippen LogP contribution in [-0.2, 0) is 37.5 Å². The number of hydrogen-bond acceptors (Lipinski definition) is 4. The zero-order valence-corrected chi connectivity index (χ0v) is 17.6. The average molecular weight is 411 g/mol. The molecule has 0 aliphatic heterocycles. The van der Waals surface area contributed by atoms with Crippen molar-refractivity contribution in [3.05, 3.63) is 40.2 Å². The molecule has 0 amide bonds. The van der Waals surface area contributed by atoms with Gasteiger partial charge >= 0.3 is 0 Å². The molecule has 21 heavy (non-hydrogen) atoms. The summed E-state index contributed by atoms with van der Waals surface area (Å²) >= 11 is 5.05. The molecule has 2 aromatic rings. The van der Waals surface area contributed by atoms with Gasteiger partial charge in [-0.25, -0.2) is 0 Å². The molecule has 0 bridgehead atoms. The first-order chi connectivity index (χ1) is 9.71. The van der Waals surface area contributed by atoms with Crippen molar-refractivity contribution >= 4 is 39.2 Å². The minimum Gasteiger partial charge on any atom is -0.542 e. The van der Waals surface area contributed by atoms with Crippen molar-refractivity contribution in [3.63, 3.8) is 0 Å². The minimum absolute atomic E-state index is 0. The van der Waals surface area contributed by atoms with E-state index in [2.05, 4.69) is 13.0 Å². The molecule has 1 heterocycles. The summed E-state index contributed by atoms with van der Waals surface area (Å²) in [6, 6.07) is 13.0. The van der Waals surface area contributed by atoms with Crippen molar-refractivity contribution in [1.29, 1.82) is 0 Å². The van der Waals surface area contributed by atoms with Crippen LogP contribution in [0, 0.1) is 15.8 Å². The van der Waals surface area contributed by atoms with Crippen LogP contribution in [-0.4, -0.2) is 6.29 Å². The number of carbonyl (C=O) groups excluding carboxylic acids is 1. The van der Waals surface area contributed by atoms with Crippen LogP contribution < -0.4 is 0 Å². The molecule has 0 N–H and O–H groups in total. The van der Waals surface area contributed by atoms with Gasteiger partial charge in [-0.3, -0.25) is 6.29 Å². The Balaban J connectivity index is 0.000000397. The summed E-state index contributed by atoms with van der Waals surface area (Å²) in [5.74, 6) is 0.194. The number of benzene rings is 1. The van der Waals surface area contributed by atoms with Gasteiger partial charge in [0.05, 0.1) is 0 Å². The van der Waals surface area contributed by atoms with Gasteiger partial charge in [-0.1, -0.05) is 66.0 Å². The van der Waals surface area contributed by atoms with E-state index in [4.69, 9.17) is 12.2 Å². The Morgan fingerprint density at radius 2 is 1.95 bits per heavy atom. The van der Waals surface area contributed by atoms with Crippen LogP contribution in [0.25, 0.3) is 10.4 Å². The Morgan fingerprint density at radius 1 is 1.29 bits per heavy atom. The predicted molar refractivity (Wildman–Crippen MR) is 91.7 cm³/mol. The minimum atomic E-state index is 0. The molecule has 2 rings (SSSR count). The molecule has 1 aromatic carbocycles. The molecule has 0 fully saturated rings. The summed E-state index contributed by atoms with van der Waals surface area (Å²) in [7, 11) is 3.37. The summed E-state index contributed by atoms with van der Waals surface area (Å²) in [4.78, 5) is 11.3. The van der Waals surface area contributed by atoms with Crippen LogP contribution in [0.2, 0.25) is 0 Å². The zero-order chi connectivity index (χ0) is 14.8. The molecule has 0 saturated carbocycles. The third-order valence-corrected chi connectivity index (χ3v) is 5.67. The first-order valence-corrected chi connectivity index (χ1v) is 9.21. The van der Waals surface area contributed by atoms with Crippen molar-refractivity contribution in [2.24, 2.45) is 5.92 Å². The van der Waals surface area contributed by atoms with Gasteiger partial charge in [0, 0.05) is 37.6 Å². The number of rotatable bonds is 5. The van der Waals surface area contributed by atoms with Crippen molar-refractivity contribution in [1.82, 2.24) is 0 Å². The fourth-order valence-electron chi connectivity index (χ4n) is 1.62. The Kier molecular flexibility index (Phi) is 12.9. The van der Waals surface area contributed by atoms with Crippen LogP contribution in [0.3, 0.4) is 0 Å². The van der Waals surface area contributed by atoms with Crippen molar-refractivity contribution in [2.75, 3.05) is 0 Å². The van der Waals surface area contributed by atoms with E-state index in [1.807, 2.05) is 43.5 Å². The van der Waals surface area contributed by atoms with Gasteiger partial charge in [0.2, 0.25) is 0 Å². The van der Waals surface area contributed by atoms with E-state index in [1.165, 1.54) is 10.4 Å². The average Bonchev–Trinajstić information content (AvgIpc) is 2.93.